The monoisotopic (exact) mass is 200 g/mol. The maximum absolute atomic E-state index is 5.76. The van der Waals surface area contributed by atoms with Crippen molar-refractivity contribution < 1.29 is 4.74 Å². The standard InChI is InChI=1S/C11H24N2O/c1-9(4-5-14-3)13(2)8-10-6-11(12)7-10/h9-11H,4-8,12H2,1-3H3. The molecule has 1 fully saturated rings. The van der Waals surface area contributed by atoms with Crippen molar-refractivity contribution in [2.24, 2.45) is 11.7 Å². The quantitative estimate of drug-likeness (QED) is 0.697. The van der Waals surface area contributed by atoms with Crippen LogP contribution in [0.4, 0.5) is 0 Å². The summed E-state index contributed by atoms with van der Waals surface area (Å²) in [6.07, 6.45) is 3.54. The molecule has 0 spiro atoms. The van der Waals surface area contributed by atoms with E-state index >= 15 is 0 Å². The van der Waals surface area contributed by atoms with Crippen LogP contribution in [0.15, 0.2) is 0 Å². The van der Waals surface area contributed by atoms with Crippen molar-refractivity contribution in [3.8, 4) is 0 Å². The van der Waals surface area contributed by atoms with Gasteiger partial charge in [0.05, 0.1) is 0 Å². The summed E-state index contributed by atoms with van der Waals surface area (Å²) in [5.41, 5.74) is 5.76. The zero-order valence-corrected chi connectivity index (χ0v) is 9.70. The molecule has 14 heavy (non-hydrogen) atoms. The molecule has 2 N–H and O–H groups in total. The Morgan fingerprint density at radius 1 is 1.50 bits per heavy atom. The highest BCUT2D eigenvalue weighted by Gasteiger charge is 2.27. The highest BCUT2D eigenvalue weighted by Crippen LogP contribution is 2.26. The van der Waals surface area contributed by atoms with Crippen LogP contribution >= 0.6 is 0 Å². The zero-order valence-electron chi connectivity index (χ0n) is 9.70. The molecule has 0 aliphatic heterocycles. The Kier molecular flexibility index (Phi) is 4.85. The van der Waals surface area contributed by atoms with Gasteiger partial charge in [-0.15, -0.1) is 0 Å². The van der Waals surface area contributed by atoms with Gasteiger partial charge in [-0.3, -0.25) is 0 Å². The minimum Gasteiger partial charge on any atom is -0.385 e. The fraction of sp³-hybridized carbons (Fsp3) is 1.00. The largest absolute Gasteiger partial charge is 0.385 e. The molecule has 0 radical (unpaired) electrons. The van der Waals surface area contributed by atoms with E-state index < -0.39 is 0 Å². The van der Waals surface area contributed by atoms with Gasteiger partial charge in [0.15, 0.2) is 0 Å². The molecule has 0 aromatic carbocycles. The van der Waals surface area contributed by atoms with Crippen molar-refractivity contribution in [1.29, 1.82) is 0 Å². The fourth-order valence-electron chi connectivity index (χ4n) is 2.03. The molecule has 1 atom stereocenters. The molecular weight excluding hydrogens is 176 g/mol. The van der Waals surface area contributed by atoms with Gasteiger partial charge in [0.1, 0.15) is 0 Å². The van der Waals surface area contributed by atoms with Crippen LogP contribution in [0.3, 0.4) is 0 Å². The predicted octanol–water partition coefficient (Wildman–Crippen LogP) is 1.08. The molecule has 0 amide bonds. The van der Waals surface area contributed by atoms with Crippen molar-refractivity contribution in [2.45, 2.75) is 38.3 Å². The van der Waals surface area contributed by atoms with Gasteiger partial charge in [-0.2, -0.15) is 0 Å². The number of nitrogens with two attached hydrogens (primary N) is 1. The molecule has 0 heterocycles. The fourth-order valence-corrected chi connectivity index (χ4v) is 2.03. The van der Waals surface area contributed by atoms with Gasteiger partial charge in [0, 0.05) is 32.3 Å². The van der Waals surface area contributed by atoms with Crippen LogP contribution in [-0.2, 0) is 4.74 Å². The summed E-state index contributed by atoms with van der Waals surface area (Å²) in [6.45, 7) is 4.31. The average molecular weight is 200 g/mol. The normalized spacial score (nSPS) is 28.9. The Morgan fingerprint density at radius 2 is 2.14 bits per heavy atom. The van der Waals surface area contributed by atoms with Crippen molar-refractivity contribution in [1.82, 2.24) is 4.90 Å². The van der Waals surface area contributed by atoms with Gasteiger partial charge in [0.2, 0.25) is 0 Å². The first-order valence-corrected chi connectivity index (χ1v) is 5.58. The Hall–Kier alpha value is -0.120. The van der Waals surface area contributed by atoms with E-state index in [1.54, 1.807) is 7.11 Å². The summed E-state index contributed by atoms with van der Waals surface area (Å²) in [4.78, 5) is 2.43. The van der Waals surface area contributed by atoms with Gasteiger partial charge >= 0.3 is 0 Å². The lowest BCUT2D eigenvalue weighted by Gasteiger charge is -2.37. The Labute approximate surface area is 87.6 Å². The molecule has 3 nitrogen and oxygen atoms in total. The molecule has 1 aliphatic carbocycles. The smallest absolute Gasteiger partial charge is 0.0477 e. The second-order valence-corrected chi connectivity index (χ2v) is 4.67. The SMILES string of the molecule is COCCC(C)N(C)CC1CC(N)C1. The molecule has 1 rings (SSSR count). The zero-order chi connectivity index (χ0) is 10.6. The predicted molar refractivity (Wildman–Crippen MR) is 59.3 cm³/mol. The Morgan fingerprint density at radius 3 is 2.64 bits per heavy atom. The lowest BCUT2D eigenvalue weighted by Crippen LogP contribution is -2.44. The van der Waals surface area contributed by atoms with Gasteiger partial charge < -0.3 is 15.4 Å². The summed E-state index contributed by atoms with van der Waals surface area (Å²) >= 11 is 0. The Bertz CT molecular complexity index is 157. The van der Waals surface area contributed by atoms with Gasteiger partial charge in [-0.05, 0) is 39.2 Å². The number of ether oxygens (including phenoxy) is 1. The number of methoxy groups -OCH3 is 1. The topological polar surface area (TPSA) is 38.5 Å². The van der Waals surface area contributed by atoms with E-state index in [-0.39, 0.29) is 0 Å². The molecule has 3 heteroatoms. The highest BCUT2D eigenvalue weighted by atomic mass is 16.5. The molecular formula is C11H24N2O. The van der Waals surface area contributed by atoms with Crippen molar-refractivity contribution in [3.05, 3.63) is 0 Å². The average Bonchev–Trinajstić information content (AvgIpc) is 2.11. The second kappa shape index (κ2) is 5.69. The molecule has 1 unspecified atom stereocenters. The van der Waals surface area contributed by atoms with E-state index in [2.05, 4.69) is 18.9 Å². The minimum atomic E-state index is 0.475. The van der Waals surface area contributed by atoms with Crippen molar-refractivity contribution in [2.75, 3.05) is 27.3 Å². The highest BCUT2D eigenvalue weighted by molar-refractivity contribution is 4.84. The number of hydrogen-bond acceptors (Lipinski definition) is 3. The van der Waals surface area contributed by atoms with Crippen LogP contribution in [0.25, 0.3) is 0 Å². The lowest BCUT2D eigenvalue weighted by molar-refractivity contribution is 0.120. The third-order valence-corrected chi connectivity index (χ3v) is 3.31. The second-order valence-electron chi connectivity index (χ2n) is 4.67. The Balaban J connectivity index is 2.10. The third kappa shape index (κ3) is 3.56. The van der Waals surface area contributed by atoms with Crippen LogP contribution in [-0.4, -0.2) is 44.3 Å². The third-order valence-electron chi connectivity index (χ3n) is 3.31. The van der Waals surface area contributed by atoms with Gasteiger partial charge in [-0.1, -0.05) is 0 Å². The van der Waals surface area contributed by atoms with Gasteiger partial charge in [0.25, 0.3) is 0 Å². The molecule has 1 saturated carbocycles. The molecule has 0 saturated heterocycles. The van der Waals surface area contributed by atoms with Crippen LogP contribution in [0.5, 0.6) is 0 Å². The van der Waals surface area contributed by atoms with E-state index in [1.807, 2.05) is 0 Å². The number of rotatable bonds is 6. The maximum atomic E-state index is 5.76. The van der Waals surface area contributed by atoms with Crippen LogP contribution in [0.2, 0.25) is 0 Å². The molecule has 84 valence electrons. The lowest BCUT2D eigenvalue weighted by atomic mass is 9.80. The molecule has 0 aromatic rings. The molecule has 0 aromatic heterocycles. The first-order chi connectivity index (χ1) is 6.63. The van der Waals surface area contributed by atoms with Crippen molar-refractivity contribution >= 4 is 0 Å². The van der Waals surface area contributed by atoms with Gasteiger partial charge in [-0.25, -0.2) is 0 Å². The van der Waals surface area contributed by atoms with E-state index in [1.165, 1.54) is 19.4 Å². The van der Waals surface area contributed by atoms with E-state index in [9.17, 15) is 0 Å². The summed E-state index contributed by atoms with van der Waals surface area (Å²) in [6, 6.07) is 1.09. The van der Waals surface area contributed by atoms with E-state index in [4.69, 9.17) is 10.5 Å². The summed E-state index contributed by atoms with van der Waals surface area (Å²) in [5, 5.41) is 0. The summed E-state index contributed by atoms with van der Waals surface area (Å²) in [7, 11) is 3.96. The number of nitrogens with zero attached hydrogens (tertiary/aromatic N) is 1. The number of hydrogen-bond donors (Lipinski definition) is 1. The van der Waals surface area contributed by atoms with Crippen LogP contribution < -0.4 is 5.73 Å². The first kappa shape index (κ1) is 12.0. The summed E-state index contributed by atoms with van der Waals surface area (Å²) < 4.78 is 5.08. The van der Waals surface area contributed by atoms with E-state index in [0.29, 0.717) is 12.1 Å². The van der Waals surface area contributed by atoms with E-state index in [0.717, 1.165) is 18.9 Å². The first-order valence-electron chi connectivity index (χ1n) is 5.58. The van der Waals surface area contributed by atoms with Crippen molar-refractivity contribution in [3.63, 3.8) is 0 Å². The maximum Gasteiger partial charge on any atom is 0.0477 e. The van der Waals surface area contributed by atoms with Crippen LogP contribution in [0, 0.1) is 5.92 Å². The molecule has 1 aliphatic rings. The minimum absolute atomic E-state index is 0.475. The molecule has 0 bridgehead atoms. The van der Waals surface area contributed by atoms with Crippen LogP contribution in [0.1, 0.15) is 26.2 Å². The summed E-state index contributed by atoms with van der Waals surface area (Å²) in [5.74, 6) is 0.833.